The Hall–Kier alpha value is -0.120. The minimum Gasteiger partial charge on any atom is -0.379 e. The Morgan fingerprint density at radius 1 is 0.917 bits per heavy atom. The van der Waals surface area contributed by atoms with Crippen LogP contribution in [0.4, 0.5) is 0 Å². The van der Waals surface area contributed by atoms with Crippen LogP contribution in [-0.2, 0) is 14.2 Å². The molecule has 3 nitrogen and oxygen atoms in total. The number of ether oxygens (including phenoxy) is 3. The van der Waals surface area contributed by atoms with Gasteiger partial charge in [-0.05, 0) is 75.0 Å². The molecule has 1 unspecified atom stereocenters. The van der Waals surface area contributed by atoms with Gasteiger partial charge in [0.05, 0.1) is 32.5 Å². The molecule has 1 radical (unpaired) electrons. The van der Waals surface area contributed by atoms with Crippen LogP contribution in [0.25, 0.3) is 0 Å². The minimum absolute atomic E-state index is 0.433. The van der Waals surface area contributed by atoms with Gasteiger partial charge in [0, 0.05) is 6.61 Å². The summed E-state index contributed by atoms with van der Waals surface area (Å²) in [5, 5.41) is 0. The van der Waals surface area contributed by atoms with E-state index in [-0.39, 0.29) is 0 Å². The smallest absolute Gasteiger partial charge is 0.0704 e. The molecule has 0 N–H and O–H groups in total. The van der Waals surface area contributed by atoms with Crippen molar-refractivity contribution in [1.82, 2.24) is 0 Å². The maximum absolute atomic E-state index is 6.44. The van der Waals surface area contributed by atoms with Crippen LogP contribution in [0.5, 0.6) is 0 Å². The number of unbranched alkanes of at least 4 members (excludes halogenated alkanes) is 1. The Balaban J connectivity index is 1.48. The molecule has 1 atom stereocenters. The third kappa shape index (κ3) is 4.53. The van der Waals surface area contributed by atoms with Crippen LogP contribution in [0.1, 0.15) is 64.7 Å². The van der Waals surface area contributed by atoms with E-state index in [0.717, 1.165) is 37.4 Å². The van der Waals surface area contributed by atoms with E-state index in [2.05, 4.69) is 6.92 Å². The third-order valence-corrected chi connectivity index (χ3v) is 6.61. The molecule has 4 rings (SSSR count). The Morgan fingerprint density at radius 3 is 2.08 bits per heavy atom. The second kappa shape index (κ2) is 9.00. The Bertz CT molecular complexity index is 333. The standard InChI is InChI=1S/C21H37O3/c1-3-5-6-20(24-10-9-23-8-7-22-4-2)21-14-17-11-18(15-21)13-19(12-17)16-21/h17-20H,1,3-16H2,2H3. The van der Waals surface area contributed by atoms with Gasteiger partial charge in [-0.2, -0.15) is 0 Å². The fourth-order valence-electron chi connectivity index (χ4n) is 6.08. The summed E-state index contributed by atoms with van der Waals surface area (Å²) in [6.45, 7) is 9.62. The first-order valence-corrected chi connectivity index (χ1v) is 10.3. The monoisotopic (exact) mass is 337 g/mol. The molecule has 0 heterocycles. The van der Waals surface area contributed by atoms with Crippen molar-refractivity contribution >= 4 is 0 Å². The van der Waals surface area contributed by atoms with Gasteiger partial charge < -0.3 is 14.2 Å². The largest absolute Gasteiger partial charge is 0.379 e. The molecule has 0 aromatic rings. The van der Waals surface area contributed by atoms with E-state index < -0.39 is 0 Å². The summed E-state index contributed by atoms with van der Waals surface area (Å²) in [5.41, 5.74) is 0.481. The van der Waals surface area contributed by atoms with E-state index in [1.807, 2.05) is 6.92 Å². The number of hydrogen-bond acceptors (Lipinski definition) is 3. The molecule has 0 aromatic carbocycles. The average Bonchev–Trinajstić information content (AvgIpc) is 2.55. The molecular formula is C21H37O3. The highest BCUT2D eigenvalue weighted by Gasteiger charge is 2.54. The van der Waals surface area contributed by atoms with Gasteiger partial charge in [-0.1, -0.05) is 19.8 Å². The summed E-state index contributed by atoms with van der Waals surface area (Å²) in [4.78, 5) is 0. The molecule has 4 saturated carbocycles. The normalized spacial score (nSPS) is 35.5. The van der Waals surface area contributed by atoms with Crippen molar-refractivity contribution in [2.45, 2.75) is 70.8 Å². The number of rotatable bonds is 12. The third-order valence-electron chi connectivity index (χ3n) is 6.61. The highest BCUT2D eigenvalue weighted by molar-refractivity contribution is 5.04. The highest BCUT2D eigenvalue weighted by Crippen LogP contribution is 2.62. The molecule has 4 bridgehead atoms. The molecule has 0 aliphatic heterocycles. The Morgan fingerprint density at radius 2 is 1.50 bits per heavy atom. The van der Waals surface area contributed by atoms with Crippen molar-refractivity contribution in [2.24, 2.45) is 23.2 Å². The van der Waals surface area contributed by atoms with Crippen molar-refractivity contribution in [3.63, 3.8) is 0 Å². The lowest BCUT2D eigenvalue weighted by Crippen LogP contribution is -2.52. The maximum atomic E-state index is 6.44. The first-order chi connectivity index (χ1) is 11.8. The summed E-state index contributed by atoms with van der Waals surface area (Å²) in [6, 6.07) is 0. The van der Waals surface area contributed by atoms with Crippen molar-refractivity contribution in [2.75, 3.05) is 33.0 Å². The van der Waals surface area contributed by atoms with Crippen LogP contribution in [0.15, 0.2) is 0 Å². The fraction of sp³-hybridized carbons (Fsp3) is 0.952. The van der Waals surface area contributed by atoms with E-state index in [9.17, 15) is 0 Å². The van der Waals surface area contributed by atoms with Crippen molar-refractivity contribution in [3.8, 4) is 0 Å². The molecule has 4 aliphatic carbocycles. The lowest BCUT2D eigenvalue weighted by Gasteiger charge is -2.59. The topological polar surface area (TPSA) is 27.7 Å². The lowest BCUT2D eigenvalue weighted by atomic mass is 9.48. The molecule has 139 valence electrons. The van der Waals surface area contributed by atoms with Gasteiger partial charge in [-0.3, -0.25) is 0 Å². The van der Waals surface area contributed by atoms with E-state index >= 15 is 0 Å². The first-order valence-electron chi connectivity index (χ1n) is 10.3. The SMILES string of the molecule is [CH2]CCCC(OCCOCCOCC)C12CC3CC(CC(C3)C1)C2. The zero-order valence-corrected chi connectivity index (χ0v) is 15.6. The van der Waals surface area contributed by atoms with Crippen LogP contribution in [0.2, 0.25) is 0 Å². The number of hydrogen-bond donors (Lipinski definition) is 0. The fourth-order valence-corrected chi connectivity index (χ4v) is 6.08. The molecule has 4 aliphatic rings. The second-order valence-electron chi connectivity index (χ2n) is 8.44. The van der Waals surface area contributed by atoms with Crippen LogP contribution < -0.4 is 0 Å². The van der Waals surface area contributed by atoms with Gasteiger partial charge >= 0.3 is 0 Å². The average molecular weight is 338 g/mol. The van der Waals surface area contributed by atoms with E-state index in [1.54, 1.807) is 0 Å². The Kier molecular flexibility index (Phi) is 7.00. The van der Waals surface area contributed by atoms with Gasteiger partial charge in [0.2, 0.25) is 0 Å². The zero-order valence-electron chi connectivity index (χ0n) is 15.6. The summed E-state index contributed by atoms with van der Waals surface area (Å²) in [7, 11) is 0. The molecular weight excluding hydrogens is 300 g/mol. The molecule has 0 saturated heterocycles. The predicted octanol–water partition coefficient (Wildman–Crippen LogP) is 4.65. The van der Waals surface area contributed by atoms with Gasteiger partial charge in [0.25, 0.3) is 0 Å². The quantitative estimate of drug-likeness (QED) is 0.485. The molecule has 0 amide bonds. The molecule has 0 aromatic heterocycles. The van der Waals surface area contributed by atoms with E-state index in [1.165, 1.54) is 51.4 Å². The minimum atomic E-state index is 0.433. The molecule has 4 fully saturated rings. The van der Waals surface area contributed by atoms with Crippen LogP contribution in [0.3, 0.4) is 0 Å². The van der Waals surface area contributed by atoms with Gasteiger partial charge in [0.1, 0.15) is 0 Å². The second-order valence-corrected chi connectivity index (χ2v) is 8.44. The van der Waals surface area contributed by atoms with Crippen molar-refractivity contribution in [3.05, 3.63) is 6.92 Å². The van der Waals surface area contributed by atoms with Crippen molar-refractivity contribution < 1.29 is 14.2 Å². The van der Waals surface area contributed by atoms with Gasteiger partial charge in [-0.15, -0.1) is 0 Å². The van der Waals surface area contributed by atoms with E-state index in [4.69, 9.17) is 14.2 Å². The molecule has 24 heavy (non-hydrogen) atoms. The lowest BCUT2D eigenvalue weighted by molar-refractivity contribution is -0.150. The van der Waals surface area contributed by atoms with Gasteiger partial charge in [0.15, 0.2) is 0 Å². The maximum Gasteiger partial charge on any atom is 0.0704 e. The van der Waals surface area contributed by atoms with Crippen LogP contribution >= 0.6 is 0 Å². The summed E-state index contributed by atoms with van der Waals surface area (Å²) in [6.07, 6.45) is 12.6. The van der Waals surface area contributed by atoms with Crippen molar-refractivity contribution in [1.29, 1.82) is 0 Å². The highest BCUT2D eigenvalue weighted by atomic mass is 16.5. The Labute approximate surface area is 148 Å². The zero-order chi connectivity index (χ0) is 16.8. The van der Waals surface area contributed by atoms with Crippen LogP contribution in [-0.4, -0.2) is 39.1 Å². The molecule has 3 heteroatoms. The van der Waals surface area contributed by atoms with E-state index in [0.29, 0.717) is 31.3 Å². The van der Waals surface area contributed by atoms with Crippen LogP contribution in [0, 0.1) is 30.1 Å². The van der Waals surface area contributed by atoms with Gasteiger partial charge in [-0.25, -0.2) is 0 Å². The predicted molar refractivity (Wildman–Crippen MR) is 96.9 cm³/mol. The summed E-state index contributed by atoms with van der Waals surface area (Å²) in [5.74, 6) is 2.97. The molecule has 0 spiro atoms. The summed E-state index contributed by atoms with van der Waals surface area (Å²) >= 11 is 0. The summed E-state index contributed by atoms with van der Waals surface area (Å²) < 4.78 is 17.4. The first kappa shape index (κ1) is 18.7.